The lowest BCUT2D eigenvalue weighted by Crippen LogP contribution is -2.21. The molecule has 0 aliphatic carbocycles. The zero-order valence-electron chi connectivity index (χ0n) is 19.9. The summed E-state index contributed by atoms with van der Waals surface area (Å²) in [7, 11) is 0. The van der Waals surface area contributed by atoms with E-state index in [0.29, 0.717) is 23.5 Å². The average molecular weight is 476 g/mol. The van der Waals surface area contributed by atoms with Gasteiger partial charge in [0.05, 0.1) is 11.1 Å². The predicted octanol–water partition coefficient (Wildman–Crippen LogP) is 4.42. The number of hydrogen-bond acceptors (Lipinski definition) is 10. The normalized spacial score (nSPS) is 13.3. The molecule has 0 unspecified atom stereocenters. The Morgan fingerprint density at radius 2 is 1.66 bits per heavy atom. The summed E-state index contributed by atoms with van der Waals surface area (Å²) >= 11 is 0. The van der Waals surface area contributed by atoms with Crippen molar-refractivity contribution in [3.8, 4) is 0 Å². The van der Waals surface area contributed by atoms with Gasteiger partial charge >= 0.3 is 0 Å². The lowest BCUT2D eigenvalue weighted by atomic mass is 10.2. The molecule has 0 amide bonds. The van der Waals surface area contributed by atoms with Crippen LogP contribution >= 0.6 is 0 Å². The van der Waals surface area contributed by atoms with Gasteiger partial charge < -0.3 is 15.1 Å². The van der Waals surface area contributed by atoms with Crippen LogP contribution in [0.1, 0.15) is 32.3 Å². The minimum absolute atomic E-state index is 0.0192. The van der Waals surface area contributed by atoms with E-state index in [1.165, 1.54) is 17.8 Å². The summed E-state index contributed by atoms with van der Waals surface area (Å²) in [5.41, 5.74) is 5.69. The van der Waals surface area contributed by atoms with E-state index in [-0.39, 0.29) is 5.69 Å². The maximum Gasteiger partial charge on any atom is 0.269 e. The summed E-state index contributed by atoms with van der Waals surface area (Å²) in [6.45, 7) is 7.95. The Bertz CT molecular complexity index is 1160. The Balaban J connectivity index is 1.50. The fraction of sp³-hybridized carbons (Fsp3) is 0.333. The number of aromatic nitrogens is 3. The second-order valence-electron chi connectivity index (χ2n) is 8.04. The number of nitro groups is 1. The minimum atomic E-state index is -0.435. The first-order chi connectivity index (χ1) is 17.1. The van der Waals surface area contributed by atoms with E-state index in [2.05, 4.69) is 66.6 Å². The molecule has 1 aliphatic heterocycles. The quantitative estimate of drug-likeness (QED) is 0.249. The molecular formula is C24H29N9O2. The Morgan fingerprint density at radius 1 is 1.00 bits per heavy atom. The average Bonchev–Trinajstić information content (AvgIpc) is 3.41. The molecule has 0 spiro atoms. The molecule has 11 nitrogen and oxygen atoms in total. The molecule has 35 heavy (non-hydrogen) atoms. The van der Waals surface area contributed by atoms with Crippen LogP contribution in [-0.2, 0) is 0 Å². The van der Waals surface area contributed by atoms with Crippen LogP contribution in [0.2, 0.25) is 0 Å². The number of nitro benzene ring substituents is 1. The number of hydrogen-bond donors (Lipinski definition) is 2. The highest BCUT2D eigenvalue weighted by Crippen LogP contribution is 2.22. The highest BCUT2D eigenvalue weighted by atomic mass is 16.6. The van der Waals surface area contributed by atoms with Crippen LogP contribution in [0.5, 0.6) is 0 Å². The van der Waals surface area contributed by atoms with Gasteiger partial charge in [-0.2, -0.15) is 20.1 Å². The fourth-order valence-corrected chi connectivity index (χ4v) is 3.85. The van der Waals surface area contributed by atoms with Crippen molar-refractivity contribution in [2.75, 3.05) is 46.7 Å². The highest BCUT2D eigenvalue weighted by Gasteiger charge is 2.17. The third-order valence-electron chi connectivity index (χ3n) is 5.75. The number of non-ortho nitro benzene ring substituents is 1. The molecule has 2 aromatic carbocycles. The second kappa shape index (κ2) is 11.2. The first-order valence-electron chi connectivity index (χ1n) is 11.7. The van der Waals surface area contributed by atoms with Crippen LogP contribution in [0.15, 0.2) is 53.6 Å². The molecule has 2 N–H and O–H groups in total. The molecule has 182 valence electrons. The predicted molar refractivity (Wildman–Crippen MR) is 139 cm³/mol. The van der Waals surface area contributed by atoms with Crippen LogP contribution in [0.4, 0.5) is 34.9 Å². The van der Waals surface area contributed by atoms with Crippen LogP contribution in [-0.4, -0.2) is 52.3 Å². The van der Waals surface area contributed by atoms with E-state index in [0.717, 1.165) is 44.6 Å². The van der Waals surface area contributed by atoms with Gasteiger partial charge in [-0.1, -0.05) is 12.1 Å². The summed E-state index contributed by atoms with van der Waals surface area (Å²) in [6.07, 6.45) is 3.89. The second-order valence-corrected chi connectivity index (χ2v) is 8.04. The smallest absolute Gasteiger partial charge is 0.269 e. The number of nitrogens with one attached hydrogen (secondary N) is 2. The number of benzene rings is 2. The zero-order chi connectivity index (χ0) is 24.6. The highest BCUT2D eigenvalue weighted by molar-refractivity contribution is 5.80. The maximum atomic E-state index is 10.9. The van der Waals surface area contributed by atoms with Crippen molar-refractivity contribution in [1.29, 1.82) is 0 Å². The van der Waals surface area contributed by atoms with Gasteiger partial charge in [0.1, 0.15) is 0 Å². The molecule has 2 heterocycles. The molecular weight excluding hydrogens is 446 g/mol. The molecule has 1 fully saturated rings. The molecule has 11 heteroatoms. The van der Waals surface area contributed by atoms with Gasteiger partial charge in [0.15, 0.2) is 0 Å². The van der Waals surface area contributed by atoms with Gasteiger partial charge in [0, 0.05) is 49.7 Å². The Kier molecular flexibility index (Phi) is 7.66. The molecule has 0 radical (unpaired) electrons. The van der Waals surface area contributed by atoms with Crippen molar-refractivity contribution in [3.05, 3.63) is 64.2 Å². The lowest BCUT2D eigenvalue weighted by molar-refractivity contribution is -0.384. The largest absolute Gasteiger partial charge is 0.372 e. The van der Waals surface area contributed by atoms with Gasteiger partial charge in [0.2, 0.25) is 17.8 Å². The van der Waals surface area contributed by atoms with Crippen LogP contribution < -0.4 is 20.5 Å². The van der Waals surface area contributed by atoms with E-state index in [1.54, 1.807) is 18.3 Å². The van der Waals surface area contributed by atoms with E-state index < -0.39 is 4.92 Å². The van der Waals surface area contributed by atoms with Crippen molar-refractivity contribution in [3.63, 3.8) is 0 Å². The SMILES string of the molecule is CCN(CC)c1ccc(/C=N/Nc2nc(Nc3ccc([N+](=O)[O-])cc3)nc(N3CCCC3)n2)cc1. The summed E-state index contributed by atoms with van der Waals surface area (Å²) in [4.78, 5) is 28.3. The van der Waals surface area contributed by atoms with Gasteiger partial charge in [-0.05, 0) is 56.5 Å². The van der Waals surface area contributed by atoms with Gasteiger partial charge in [-0.3, -0.25) is 10.1 Å². The van der Waals surface area contributed by atoms with Crippen molar-refractivity contribution in [1.82, 2.24) is 15.0 Å². The first-order valence-corrected chi connectivity index (χ1v) is 11.7. The maximum absolute atomic E-state index is 10.9. The van der Waals surface area contributed by atoms with E-state index in [4.69, 9.17) is 0 Å². The van der Waals surface area contributed by atoms with Crippen molar-refractivity contribution in [2.24, 2.45) is 5.10 Å². The van der Waals surface area contributed by atoms with E-state index in [1.807, 2.05) is 12.1 Å². The molecule has 1 aliphatic rings. The summed E-state index contributed by atoms with van der Waals surface area (Å²) in [5.74, 6) is 1.20. The van der Waals surface area contributed by atoms with Crippen LogP contribution in [0.25, 0.3) is 0 Å². The Hall–Kier alpha value is -4.28. The number of nitrogens with zero attached hydrogens (tertiary/aromatic N) is 7. The third-order valence-corrected chi connectivity index (χ3v) is 5.75. The number of rotatable bonds is 10. The molecule has 0 bridgehead atoms. The van der Waals surface area contributed by atoms with Crippen LogP contribution in [0.3, 0.4) is 0 Å². The summed E-state index contributed by atoms with van der Waals surface area (Å²) < 4.78 is 0. The van der Waals surface area contributed by atoms with Crippen molar-refractivity contribution >= 4 is 41.1 Å². The monoisotopic (exact) mass is 475 g/mol. The van der Waals surface area contributed by atoms with Crippen molar-refractivity contribution in [2.45, 2.75) is 26.7 Å². The van der Waals surface area contributed by atoms with Crippen molar-refractivity contribution < 1.29 is 4.92 Å². The molecule has 0 saturated carbocycles. The summed E-state index contributed by atoms with van der Waals surface area (Å²) in [5, 5.41) is 18.3. The molecule has 1 saturated heterocycles. The van der Waals surface area contributed by atoms with Crippen LogP contribution in [0, 0.1) is 10.1 Å². The number of hydrazone groups is 1. The first kappa shape index (κ1) is 23.9. The van der Waals surface area contributed by atoms with E-state index >= 15 is 0 Å². The van der Waals surface area contributed by atoms with E-state index in [9.17, 15) is 10.1 Å². The lowest BCUT2D eigenvalue weighted by Gasteiger charge is -2.20. The number of anilines is 5. The third kappa shape index (κ3) is 6.19. The van der Waals surface area contributed by atoms with Gasteiger partial charge in [-0.15, -0.1) is 0 Å². The van der Waals surface area contributed by atoms with Gasteiger partial charge in [-0.25, -0.2) is 5.43 Å². The van der Waals surface area contributed by atoms with Gasteiger partial charge in [0.25, 0.3) is 5.69 Å². The summed E-state index contributed by atoms with van der Waals surface area (Å²) in [6, 6.07) is 14.3. The Morgan fingerprint density at radius 3 is 2.29 bits per heavy atom. The Labute approximate surface area is 204 Å². The molecule has 3 aromatic rings. The zero-order valence-corrected chi connectivity index (χ0v) is 19.9. The molecule has 1 aromatic heterocycles. The minimum Gasteiger partial charge on any atom is -0.372 e. The molecule has 0 atom stereocenters. The fourth-order valence-electron chi connectivity index (χ4n) is 3.85. The molecule has 4 rings (SSSR count). The topological polar surface area (TPSA) is 125 Å². The standard InChI is InChI=1S/C24H29N9O2/c1-3-31(4-2)20-11-7-18(8-12-20)17-25-30-23-27-22(28-24(29-23)32-15-5-6-16-32)26-19-9-13-21(14-10-19)33(34)35/h7-14,17H,3-6,15-16H2,1-2H3,(H2,26,27,28,29,30)/b25-17+.